The summed E-state index contributed by atoms with van der Waals surface area (Å²) in [5, 5.41) is 0. The zero-order valence-corrected chi connectivity index (χ0v) is 13.9. The first kappa shape index (κ1) is 15.8. The molecular weight excluding hydrogens is 284 g/mol. The van der Waals surface area contributed by atoms with Gasteiger partial charge >= 0.3 is 0 Å². The largest absolute Gasteiger partial charge is 0.336 e. The Bertz CT molecular complexity index is 651. The Balaban J connectivity index is 1.61. The molecule has 2 aromatic rings. The van der Waals surface area contributed by atoms with E-state index in [0.717, 1.165) is 31.7 Å². The molecule has 1 heterocycles. The topological polar surface area (TPSA) is 23.6 Å². The van der Waals surface area contributed by atoms with Gasteiger partial charge in [-0.1, -0.05) is 48.0 Å². The van der Waals surface area contributed by atoms with Gasteiger partial charge in [0.15, 0.2) is 0 Å². The van der Waals surface area contributed by atoms with Crippen molar-refractivity contribution in [1.82, 2.24) is 9.80 Å². The van der Waals surface area contributed by atoms with Gasteiger partial charge in [-0.25, -0.2) is 0 Å². The molecule has 23 heavy (non-hydrogen) atoms. The van der Waals surface area contributed by atoms with Crippen molar-refractivity contribution in [1.29, 1.82) is 0 Å². The van der Waals surface area contributed by atoms with E-state index in [1.165, 1.54) is 11.1 Å². The number of piperazine rings is 1. The Labute approximate surface area is 138 Å². The van der Waals surface area contributed by atoms with Crippen LogP contribution >= 0.6 is 0 Å². The molecule has 1 aliphatic heterocycles. The van der Waals surface area contributed by atoms with Gasteiger partial charge in [-0.05, 0) is 31.5 Å². The maximum Gasteiger partial charge on any atom is 0.253 e. The normalized spacial score (nSPS) is 18.9. The highest BCUT2D eigenvalue weighted by Crippen LogP contribution is 2.16. The molecule has 2 aromatic carbocycles. The van der Waals surface area contributed by atoms with E-state index in [-0.39, 0.29) is 5.91 Å². The van der Waals surface area contributed by atoms with Crippen molar-refractivity contribution in [3.63, 3.8) is 0 Å². The number of nitrogens with zero attached hydrogens (tertiary/aromatic N) is 2. The average molecular weight is 308 g/mol. The third-order valence-corrected chi connectivity index (χ3v) is 4.58. The fraction of sp³-hybridized carbons (Fsp3) is 0.350. The van der Waals surface area contributed by atoms with Gasteiger partial charge in [0.1, 0.15) is 0 Å². The van der Waals surface area contributed by atoms with Crippen LogP contribution in [-0.2, 0) is 6.54 Å². The molecule has 3 nitrogen and oxygen atoms in total. The molecule has 3 heteroatoms. The minimum absolute atomic E-state index is 0.149. The number of amides is 1. The second kappa shape index (κ2) is 6.97. The van der Waals surface area contributed by atoms with Crippen molar-refractivity contribution in [3.05, 3.63) is 71.3 Å². The molecule has 0 radical (unpaired) electrons. The van der Waals surface area contributed by atoms with E-state index < -0.39 is 0 Å². The highest BCUT2D eigenvalue weighted by Gasteiger charge is 2.27. The monoisotopic (exact) mass is 308 g/mol. The number of carbonyl (C=O) groups is 1. The highest BCUT2D eigenvalue weighted by molar-refractivity contribution is 5.94. The van der Waals surface area contributed by atoms with E-state index in [9.17, 15) is 4.79 Å². The SMILES string of the molecule is Cc1ccc(C(=O)N2CCN(Cc3ccccc3)C(C)C2)cc1. The first-order chi connectivity index (χ1) is 11.1. The third kappa shape index (κ3) is 3.80. The van der Waals surface area contributed by atoms with Crippen LogP contribution in [0.4, 0.5) is 0 Å². The molecule has 1 saturated heterocycles. The Morgan fingerprint density at radius 3 is 2.39 bits per heavy atom. The van der Waals surface area contributed by atoms with Gasteiger partial charge in [0.2, 0.25) is 0 Å². The summed E-state index contributed by atoms with van der Waals surface area (Å²) in [6, 6.07) is 18.8. The molecular formula is C20H24N2O. The smallest absolute Gasteiger partial charge is 0.253 e. The molecule has 0 saturated carbocycles. The summed E-state index contributed by atoms with van der Waals surface area (Å²) in [5.74, 6) is 0.149. The van der Waals surface area contributed by atoms with Crippen molar-refractivity contribution >= 4 is 5.91 Å². The van der Waals surface area contributed by atoms with Crippen molar-refractivity contribution in [3.8, 4) is 0 Å². The molecule has 3 rings (SSSR count). The van der Waals surface area contributed by atoms with Gasteiger partial charge in [0.25, 0.3) is 5.91 Å². The standard InChI is InChI=1S/C20H24N2O/c1-16-8-10-19(11-9-16)20(23)22-13-12-21(17(2)14-22)15-18-6-4-3-5-7-18/h3-11,17H,12-15H2,1-2H3. The van der Waals surface area contributed by atoms with Crippen molar-refractivity contribution in [2.24, 2.45) is 0 Å². The van der Waals surface area contributed by atoms with E-state index in [2.05, 4.69) is 36.1 Å². The third-order valence-electron chi connectivity index (χ3n) is 4.58. The predicted octanol–water partition coefficient (Wildman–Crippen LogP) is 3.34. The number of rotatable bonds is 3. The van der Waals surface area contributed by atoms with Gasteiger partial charge in [-0.15, -0.1) is 0 Å². The van der Waals surface area contributed by atoms with E-state index in [1.807, 2.05) is 42.2 Å². The minimum atomic E-state index is 0.149. The molecule has 0 aliphatic carbocycles. The summed E-state index contributed by atoms with van der Waals surface area (Å²) in [6.07, 6.45) is 0. The summed E-state index contributed by atoms with van der Waals surface area (Å²) in [5.41, 5.74) is 3.31. The summed E-state index contributed by atoms with van der Waals surface area (Å²) in [4.78, 5) is 17.1. The second-order valence-electron chi connectivity index (χ2n) is 6.42. The molecule has 1 atom stereocenters. The number of aryl methyl sites for hydroxylation is 1. The fourth-order valence-electron chi connectivity index (χ4n) is 3.11. The maximum atomic E-state index is 12.6. The maximum absolute atomic E-state index is 12.6. The van der Waals surface area contributed by atoms with Crippen LogP contribution in [-0.4, -0.2) is 41.4 Å². The summed E-state index contributed by atoms with van der Waals surface area (Å²) in [6.45, 7) is 7.71. The van der Waals surface area contributed by atoms with E-state index in [1.54, 1.807) is 0 Å². The molecule has 1 aliphatic rings. The van der Waals surface area contributed by atoms with Crippen molar-refractivity contribution in [2.75, 3.05) is 19.6 Å². The number of benzene rings is 2. The predicted molar refractivity (Wildman–Crippen MR) is 93.4 cm³/mol. The number of hydrogen-bond acceptors (Lipinski definition) is 2. The average Bonchev–Trinajstić information content (AvgIpc) is 2.58. The van der Waals surface area contributed by atoms with Crippen LogP contribution in [0.25, 0.3) is 0 Å². The molecule has 0 aromatic heterocycles. The summed E-state index contributed by atoms with van der Waals surface area (Å²) in [7, 11) is 0. The molecule has 1 amide bonds. The molecule has 1 fully saturated rings. The Kier molecular flexibility index (Phi) is 4.77. The Morgan fingerprint density at radius 2 is 1.74 bits per heavy atom. The minimum Gasteiger partial charge on any atom is -0.336 e. The van der Waals surface area contributed by atoms with Crippen LogP contribution in [0.3, 0.4) is 0 Å². The molecule has 1 unspecified atom stereocenters. The Morgan fingerprint density at radius 1 is 1.04 bits per heavy atom. The van der Waals surface area contributed by atoms with E-state index in [0.29, 0.717) is 6.04 Å². The van der Waals surface area contributed by atoms with Crippen molar-refractivity contribution < 1.29 is 4.79 Å². The van der Waals surface area contributed by atoms with Gasteiger partial charge < -0.3 is 4.90 Å². The lowest BCUT2D eigenvalue weighted by Gasteiger charge is -2.40. The molecule has 120 valence electrons. The van der Waals surface area contributed by atoms with Crippen LogP contribution in [0, 0.1) is 6.92 Å². The van der Waals surface area contributed by atoms with Gasteiger partial charge in [0, 0.05) is 37.8 Å². The van der Waals surface area contributed by atoms with Crippen LogP contribution in [0.1, 0.15) is 28.4 Å². The Hall–Kier alpha value is -2.13. The van der Waals surface area contributed by atoms with E-state index in [4.69, 9.17) is 0 Å². The lowest BCUT2D eigenvalue weighted by Crippen LogP contribution is -2.53. The first-order valence-electron chi connectivity index (χ1n) is 8.27. The highest BCUT2D eigenvalue weighted by atomic mass is 16.2. The fourth-order valence-corrected chi connectivity index (χ4v) is 3.11. The summed E-state index contributed by atoms with van der Waals surface area (Å²) < 4.78 is 0. The molecule has 0 spiro atoms. The van der Waals surface area contributed by atoms with Crippen LogP contribution in [0.15, 0.2) is 54.6 Å². The van der Waals surface area contributed by atoms with Gasteiger partial charge in [-0.2, -0.15) is 0 Å². The van der Waals surface area contributed by atoms with Crippen LogP contribution in [0.2, 0.25) is 0 Å². The number of hydrogen-bond donors (Lipinski definition) is 0. The van der Waals surface area contributed by atoms with Crippen LogP contribution < -0.4 is 0 Å². The first-order valence-corrected chi connectivity index (χ1v) is 8.27. The lowest BCUT2D eigenvalue weighted by atomic mass is 10.1. The van der Waals surface area contributed by atoms with Crippen molar-refractivity contribution in [2.45, 2.75) is 26.4 Å². The van der Waals surface area contributed by atoms with Gasteiger partial charge in [0.05, 0.1) is 0 Å². The van der Waals surface area contributed by atoms with Crippen LogP contribution in [0.5, 0.6) is 0 Å². The molecule has 0 N–H and O–H groups in total. The lowest BCUT2D eigenvalue weighted by molar-refractivity contribution is 0.0495. The number of carbonyl (C=O) groups excluding carboxylic acids is 1. The molecule has 0 bridgehead atoms. The zero-order chi connectivity index (χ0) is 16.2. The van der Waals surface area contributed by atoms with Gasteiger partial charge in [-0.3, -0.25) is 9.69 Å². The second-order valence-corrected chi connectivity index (χ2v) is 6.42. The zero-order valence-electron chi connectivity index (χ0n) is 13.9. The summed E-state index contributed by atoms with van der Waals surface area (Å²) >= 11 is 0. The quantitative estimate of drug-likeness (QED) is 0.868. The van der Waals surface area contributed by atoms with E-state index >= 15 is 0 Å².